The minimum Gasteiger partial charge on any atom is -0.395 e. The molecular weight excluding hydrogens is 162 g/mol. The lowest BCUT2D eigenvalue weighted by atomic mass is 10.1. The summed E-state index contributed by atoms with van der Waals surface area (Å²) in [6.07, 6.45) is 0. The van der Waals surface area contributed by atoms with E-state index in [1.165, 1.54) is 13.0 Å². The highest BCUT2D eigenvalue weighted by molar-refractivity contribution is 5.67. The Kier molecular flexibility index (Phi) is 2.17. The zero-order valence-corrected chi connectivity index (χ0v) is 6.91. The van der Waals surface area contributed by atoms with E-state index in [2.05, 4.69) is 5.32 Å². The predicted molar refractivity (Wildman–Crippen MR) is 45.1 cm³/mol. The van der Waals surface area contributed by atoms with Gasteiger partial charge in [0.15, 0.2) is 5.82 Å². The van der Waals surface area contributed by atoms with Gasteiger partial charge in [0.05, 0.1) is 11.4 Å². The van der Waals surface area contributed by atoms with E-state index in [1.54, 1.807) is 7.05 Å². The van der Waals surface area contributed by atoms with Crippen molar-refractivity contribution in [2.45, 2.75) is 6.92 Å². The minimum absolute atomic E-state index is 0.0450. The Morgan fingerprint density at radius 1 is 1.42 bits per heavy atom. The second-order valence-corrected chi connectivity index (χ2v) is 2.51. The van der Waals surface area contributed by atoms with Crippen LogP contribution < -0.4 is 11.1 Å². The zero-order chi connectivity index (χ0) is 9.30. The highest BCUT2D eigenvalue weighted by Crippen LogP contribution is 2.26. The molecule has 0 atom stereocenters. The van der Waals surface area contributed by atoms with E-state index in [4.69, 9.17) is 5.73 Å². The van der Waals surface area contributed by atoms with E-state index in [0.29, 0.717) is 0 Å². The SMILES string of the molecule is CNc1cc(F)c(C)c(F)c1N. The summed E-state index contributed by atoms with van der Waals surface area (Å²) in [5, 5.41) is 2.60. The van der Waals surface area contributed by atoms with Crippen molar-refractivity contribution in [3.63, 3.8) is 0 Å². The molecule has 0 saturated heterocycles. The van der Waals surface area contributed by atoms with Crippen molar-refractivity contribution >= 4 is 11.4 Å². The molecule has 3 N–H and O–H groups in total. The molecular formula is C8H10F2N2. The van der Waals surface area contributed by atoms with Crippen LogP contribution in [-0.4, -0.2) is 7.05 Å². The molecule has 12 heavy (non-hydrogen) atoms. The fourth-order valence-electron chi connectivity index (χ4n) is 0.945. The summed E-state index contributed by atoms with van der Waals surface area (Å²) < 4.78 is 25.9. The van der Waals surface area contributed by atoms with Crippen LogP contribution >= 0.6 is 0 Å². The largest absolute Gasteiger partial charge is 0.395 e. The van der Waals surface area contributed by atoms with Crippen LogP contribution in [0.5, 0.6) is 0 Å². The molecule has 0 aliphatic carbocycles. The molecule has 0 spiro atoms. The topological polar surface area (TPSA) is 38.0 Å². The van der Waals surface area contributed by atoms with Gasteiger partial charge in [-0.25, -0.2) is 8.78 Å². The van der Waals surface area contributed by atoms with Crippen LogP contribution in [-0.2, 0) is 0 Å². The summed E-state index contributed by atoms with van der Waals surface area (Å²) >= 11 is 0. The van der Waals surface area contributed by atoms with E-state index in [-0.39, 0.29) is 16.9 Å². The molecule has 1 aromatic carbocycles. The van der Waals surface area contributed by atoms with Crippen molar-refractivity contribution in [2.24, 2.45) is 0 Å². The molecule has 1 aromatic rings. The standard InChI is InChI=1S/C8H10F2N2/c1-4-5(9)3-6(12-2)8(11)7(4)10/h3,12H,11H2,1-2H3. The highest BCUT2D eigenvalue weighted by Gasteiger charge is 2.11. The summed E-state index contributed by atoms with van der Waals surface area (Å²) in [7, 11) is 1.56. The Morgan fingerprint density at radius 3 is 2.50 bits per heavy atom. The van der Waals surface area contributed by atoms with Crippen molar-refractivity contribution in [3.8, 4) is 0 Å². The fourth-order valence-corrected chi connectivity index (χ4v) is 0.945. The Labute approximate surface area is 69.4 Å². The first-order valence-electron chi connectivity index (χ1n) is 3.49. The Balaban J connectivity index is 3.39. The number of nitrogen functional groups attached to an aromatic ring is 1. The average molecular weight is 172 g/mol. The second kappa shape index (κ2) is 2.97. The first kappa shape index (κ1) is 8.77. The summed E-state index contributed by atoms with van der Waals surface area (Å²) in [5.74, 6) is -1.29. The van der Waals surface area contributed by atoms with Crippen molar-refractivity contribution < 1.29 is 8.78 Å². The van der Waals surface area contributed by atoms with Crippen molar-refractivity contribution in [2.75, 3.05) is 18.1 Å². The van der Waals surface area contributed by atoms with Crippen LogP contribution in [0.15, 0.2) is 6.07 Å². The maximum Gasteiger partial charge on any atom is 0.154 e. The molecule has 0 radical (unpaired) electrons. The van der Waals surface area contributed by atoms with Crippen LogP contribution in [0, 0.1) is 18.6 Å². The smallest absolute Gasteiger partial charge is 0.154 e. The van der Waals surface area contributed by atoms with Gasteiger partial charge in [-0.3, -0.25) is 0 Å². The lowest BCUT2D eigenvalue weighted by Gasteiger charge is -2.08. The summed E-state index contributed by atoms with van der Waals surface area (Å²) in [6.45, 7) is 1.35. The van der Waals surface area contributed by atoms with Gasteiger partial charge in [0.25, 0.3) is 0 Å². The first-order chi connectivity index (χ1) is 5.57. The fraction of sp³-hybridized carbons (Fsp3) is 0.250. The van der Waals surface area contributed by atoms with Gasteiger partial charge in [0, 0.05) is 12.6 Å². The third kappa shape index (κ3) is 1.20. The quantitative estimate of drug-likeness (QED) is 0.635. The normalized spacial score (nSPS) is 10.0. The van der Waals surface area contributed by atoms with E-state index in [1.807, 2.05) is 0 Å². The third-order valence-corrected chi connectivity index (χ3v) is 1.75. The van der Waals surface area contributed by atoms with Gasteiger partial charge in [0.1, 0.15) is 5.82 Å². The number of nitrogens with two attached hydrogens (primary N) is 1. The lowest BCUT2D eigenvalue weighted by Crippen LogP contribution is -2.02. The summed E-state index contributed by atoms with van der Waals surface area (Å²) in [5.41, 5.74) is 5.54. The van der Waals surface area contributed by atoms with Crippen molar-refractivity contribution in [3.05, 3.63) is 23.3 Å². The highest BCUT2D eigenvalue weighted by atomic mass is 19.1. The molecule has 0 aliphatic heterocycles. The van der Waals surface area contributed by atoms with Gasteiger partial charge in [-0.2, -0.15) is 0 Å². The molecule has 4 heteroatoms. The molecule has 66 valence electrons. The molecule has 1 rings (SSSR count). The average Bonchev–Trinajstić information content (AvgIpc) is 2.08. The number of hydrogen-bond donors (Lipinski definition) is 2. The van der Waals surface area contributed by atoms with Crippen LogP contribution in [0.25, 0.3) is 0 Å². The van der Waals surface area contributed by atoms with Gasteiger partial charge in [0.2, 0.25) is 0 Å². The number of anilines is 2. The molecule has 0 aromatic heterocycles. The Hall–Kier alpha value is -1.32. The van der Waals surface area contributed by atoms with Crippen molar-refractivity contribution in [1.29, 1.82) is 0 Å². The molecule has 0 fully saturated rings. The van der Waals surface area contributed by atoms with Crippen LogP contribution in [0.1, 0.15) is 5.56 Å². The maximum atomic E-state index is 13.0. The minimum atomic E-state index is -0.695. The molecule has 0 unspecified atom stereocenters. The number of rotatable bonds is 1. The maximum absolute atomic E-state index is 13.0. The van der Waals surface area contributed by atoms with Gasteiger partial charge in [-0.05, 0) is 13.0 Å². The van der Waals surface area contributed by atoms with Crippen LogP contribution in [0.2, 0.25) is 0 Å². The molecule has 0 aliphatic rings. The monoisotopic (exact) mass is 172 g/mol. The van der Waals surface area contributed by atoms with E-state index in [0.717, 1.165) is 0 Å². The molecule has 0 amide bonds. The zero-order valence-electron chi connectivity index (χ0n) is 6.91. The number of hydrogen-bond acceptors (Lipinski definition) is 2. The van der Waals surface area contributed by atoms with Crippen LogP contribution in [0.4, 0.5) is 20.2 Å². The van der Waals surface area contributed by atoms with E-state index in [9.17, 15) is 8.78 Å². The number of halogens is 2. The van der Waals surface area contributed by atoms with E-state index >= 15 is 0 Å². The Morgan fingerprint density at radius 2 is 2.00 bits per heavy atom. The lowest BCUT2D eigenvalue weighted by molar-refractivity contribution is 0.572. The van der Waals surface area contributed by atoms with Gasteiger partial charge >= 0.3 is 0 Å². The van der Waals surface area contributed by atoms with Gasteiger partial charge < -0.3 is 11.1 Å². The summed E-state index contributed by atoms with van der Waals surface area (Å²) in [6, 6.07) is 1.17. The molecule has 0 heterocycles. The molecule has 0 saturated carbocycles. The molecule has 2 nitrogen and oxygen atoms in total. The van der Waals surface area contributed by atoms with Crippen LogP contribution in [0.3, 0.4) is 0 Å². The second-order valence-electron chi connectivity index (χ2n) is 2.51. The third-order valence-electron chi connectivity index (χ3n) is 1.75. The summed E-state index contributed by atoms with van der Waals surface area (Å²) in [4.78, 5) is 0. The predicted octanol–water partition coefficient (Wildman–Crippen LogP) is 1.90. The number of benzene rings is 1. The van der Waals surface area contributed by atoms with Gasteiger partial charge in [-0.15, -0.1) is 0 Å². The van der Waals surface area contributed by atoms with E-state index < -0.39 is 11.6 Å². The van der Waals surface area contributed by atoms with Crippen molar-refractivity contribution in [1.82, 2.24) is 0 Å². The number of nitrogens with one attached hydrogen (secondary N) is 1. The van der Waals surface area contributed by atoms with Gasteiger partial charge in [-0.1, -0.05) is 0 Å². The molecule has 0 bridgehead atoms. The Bertz CT molecular complexity index is 310. The first-order valence-corrected chi connectivity index (χ1v) is 3.49.